The van der Waals surface area contributed by atoms with Crippen molar-refractivity contribution in [3.05, 3.63) is 99.8 Å². The molecular weight excluding hydrogens is 432 g/mol. The van der Waals surface area contributed by atoms with Crippen molar-refractivity contribution >= 4 is 39.1 Å². The van der Waals surface area contributed by atoms with Crippen LogP contribution in [0.25, 0.3) is 5.76 Å². The second-order valence-electron chi connectivity index (χ2n) is 6.77. The lowest BCUT2D eigenvalue weighted by Crippen LogP contribution is -2.29. The summed E-state index contributed by atoms with van der Waals surface area (Å²) in [5.74, 6) is -1.65. The molecule has 2 heterocycles. The maximum absolute atomic E-state index is 13.0. The lowest BCUT2D eigenvalue weighted by atomic mass is 9.98. The fourth-order valence-electron chi connectivity index (χ4n) is 3.38. The van der Waals surface area contributed by atoms with Crippen LogP contribution in [0.1, 0.15) is 22.9 Å². The number of aromatic nitrogens is 1. The van der Waals surface area contributed by atoms with Crippen LogP contribution in [0.15, 0.2) is 83.0 Å². The number of rotatable bonds is 3. The van der Waals surface area contributed by atoms with Crippen molar-refractivity contribution in [2.45, 2.75) is 13.0 Å². The largest absolute Gasteiger partial charge is 0.507 e. The highest BCUT2D eigenvalue weighted by Gasteiger charge is 2.47. The lowest BCUT2D eigenvalue weighted by Gasteiger charge is -2.24. The molecule has 1 aliphatic heterocycles. The summed E-state index contributed by atoms with van der Waals surface area (Å²) in [6, 6.07) is 18.7. The third-order valence-corrected chi connectivity index (χ3v) is 5.37. The van der Waals surface area contributed by atoms with Gasteiger partial charge in [0.15, 0.2) is 0 Å². The van der Waals surface area contributed by atoms with Gasteiger partial charge in [0.1, 0.15) is 11.8 Å². The standard InChI is InChI=1S/C23H17BrN2O3/c1-14-5-11-17(12-6-14)26-20(18-4-2-3-13-25-18)19(22(28)23(26)29)21(27)15-7-9-16(24)10-8-15/h2-13,20,27H,1H3/b21-19-. The number of carbonyl (C=O) groups is 2. The number of amides is 1. The molecule has 1 aromatic heterocycles. The number of hydrogen-bond donors (Lipinski definition) is 1. The number of anilines is 1. The van der Waals surface area contributed by atoms with Crippen molar-refractivity contribution in [2.24, 2.45) is 0 Å². The molecule has 0 saturated carbocycles. The predicted octanol–water partition coefficient (Wildman–Crippen LogP) is 4.78. The van der Waals surface area contributed by atoms with Crippen LogP contribution >= 0.6 is 15.9 Å². The van der Waals surface area contributed by atoms with Gasteiger partial charge in [-0.05, 0) is 43.3 Å². The Morgan fingerprint density at radius 2 is 1.69 bits per heavy atom. The Kier molecular flexibility index (Phi) is 5.03. The Hall–Kier alpha value is -3.25. The number of aliphatic hydroxyl groups is 1. The van der Waals surface area contributed by atoms with E-state index in [4.69, 9.17) is 0 Å². The van der Waals surface area contributed by atoms with Crippen LogP contribution in [0.2, 0.25) is 0 Å². The molecule has 1 N–H and O–H groups in total. The highest BCUT2D eigenvalue weighted by atomic mass is 79.9. The number of halogens is 1. The smallest absolute Gasteiger partial charge is 0.300 e. The van der Waals surface area contributed by atoms with E-state index in [2.05, 4.69) is 20.9 Å². The number of benzene rings is 2. The molecule has 1 fully saturated rings. The summed E-state index contributed by atoms with van der Waals surface area (Å²) in [7, 11) is 0. The number of pyridine rings is 1. The Morgan fingerprint density at radius 1 is 1.00 bits per heavy atom. The first-order valence-corrected chi connectivity index (χ1v) is 9.81. The van der Waals surface area contributed by atoms with Crippen molar-refractivity contribution in [1.82, 2.24) is 4.98 Å². The molecule has 3 aromatic rings. The molecular formula is C23H17BrN2O3. The first kappa shape index (κ1) is 19.1. The van der Waals surface area contributed by atoms with E-state index < -0.39 is 17.7 Å². The van der Waals surface area contributed by atoms with E-state index in [0.29, 0.717) is 16.9 Å². The zero-order valence-electron chi connectivity index (χ0n) is 15.5. The SMILES string of the molecule is Cc1ccc(N2C(=O)C(=O)/C(=C(\O)c3ccc(Br)cc3)C2c2ccccn2)cc1. The Balaban J connectivity index is 1.93. The van der Waals surface area contributed by atoms with E-state index in [1.54, 1.807) is 60.8 Å². The zero-order chi connectivity index (χ0) is 20.5. The van der Waals surface area contributed by atoms with Gasteiger partial charge in [-0.15, -0.1) is 0 Å². The average molecular weight is 449 g/mol. The topological polar surface area (TPSA) is 70.5 Å². The van der Waals surface area contributed by atoms with Crippen LogP contribution in [-0.2, 0) is 9.59 Å². The maximum Gasteiger partial charge on any atom is 0.300 e. The maximum atomic E-state index is 13.0. The number of carbonyl (C=O) groups excluding carboxylic acids is 2. The molecule has 6 heteroatoms. The summed E-state index contributed by atoms with van der Waals surface area (Å²) in [5.41, 5.74) is 2.59. The quantitative estimate of drug-likeness (QED) is 0.355. The number of nitrogens with zero attached hydrogens (tertiary/aromatic N) is 2. The first-order valence-electron chi connectivity index (χ1n) is 9.02. The summed E-state index contributed by atoms with van der Waals surface area (Å²) >= 11 is 3.36. The molecule has 1 atom stereocenters. The molecule has 1 saturated heterocycles. The molecule has 5 nitrogen and oxygen atoms in total. The Morgan fingerprint density at radius 3 is 2.31 bits per heavy atom. The summed E-state index contributed by atoms with van der Waals surface area (Å²) in [4.78, 5) is 31.7. The second-order valence-corrected chi connectivity index (χ2v) is 7.68. The zero-order valence-corrected chi connectivity index (χ0v) is 17.1. The van der Waals surface area contributed by atoms with Gasteiger partial charge in [0.25, 0.3) is 11.7 Å². The summed E-state index contributed by atoms with van der Waals surface area (Å²) in [6.07, 6.45) is 1.60. The minimum atomic E-state index is -0.817. The van der Waals surface area contributed by atoms with E-state index in [-0.39, 0.29) is 11.3 Å². The number of hydrogen-bond acceptors (Lipinski definition) is 4. The van der Waals surface area contributed by atoms with Gasteiger partial charge in [-0.25, -0.2) is 0 Å². The summed E-state index contributed by atoms with van der Waals surface area (Å²) in [6.45, 7) is 1.95. The third kappa shape index (κ3) is 3.47. The van der Waals surface area contributed by atoms with E-state index in [1.807, 2.05) is 19.1 Å². The van der Waals surface area contributed by atoms with Gasteiger partial charge in [0.2, 0.25) is 0 Å². The van der Waals surface area contributed by atoms with Gasteiger partial charge in [0.05, 0.1) is 11.3 Å². The van der Waals surface area contributed by atoms with E-state index in [0.717, 1.165) is 10.0 Å². The Bertz CT molecular complexity index is 1110. The van der Waals surface area contributed by atoms with E-state index in [9.17, 15) is 14.7 Å². The van der Waals surface area contributed by atoms with Gasteiger partial charge in [-0.2, -0.15) is 0 Å². The van der Waals surface area contributed by atoms with Crippen molar-refractivity contribution in [1.29, 1.82) is 0 Å². The second kappa shape index (κ2) is 7.64. The fourth-order valence-corrected chi connectivity index (χ4v) is 3.65. The molecule has 2 aromatic carbocycles. The highest BCUT2D eigenvalue weighted by Crippen LogP contribution is 2.41. The molecule has 1 aliphatic rings. The van der Waals surface area contributed by atoms with E-state index in [1.165, 1.54) is 4.90 Å². The molecule has 144 valence electrons. The van der Waals surface area contributed by atoms with Crippen molar-refractivity contribution in [3.8, 4) is 0 Å². The van der Waals surface area contributed by atoms with Crippen LogP contribution in [0.4, 0.5) is 5.69 Å². The molecule has 1 unspecified atom stereocenters. The van der Waals surface area contributed by atoms with Crippen LogP contribution < -0.4 is 4.90 Å². The fraction of sp³-hybridized carbons (Fsp3) is 0.0870. The van der Waals surface area contributed by atoms with Crippen LogP contribution in [0.5, 0.6) is 0 Å². The number of aryl methyl sites for hydroxylation is 1. The predicted molar refractivity (Wildman–Crippen MR) is 114 cm³/mol. The molecule has 1 amide bonds. The van der Waals surface area contributed by atoms with Crippen LogP contribution in [-0.4, -0.2) is 21.8 Å². The Labute approximate surface area is 176 Å². The van der Waals surface area contributed by atoms with Crippen LogP contribution in [0.3, 0.4) is 0 Å². The molecule has 0 bridgehead atoms. The summed E-state index contributed by atoms with van der Waals surface area (Å²) in [5, 5.41) is 11.0. The normalized spacial score (nSPS) is 18.3. The monoisotopic (exact) mass is 448 g/mol. The van der Waals surface area contributed by atoms with Gasteiger partial charge < -0.3 is 5.11 Å². The average Bonchev–Trinajstić information content (AvgIpc) is 3.00. The molecule has 0 aliphatic carbocycles. The van der Waals surface area contributed by atoms with E-state index >= 15 is 0 Å². The minimum absolute atomic E-state index is 0.0246. The van der Waals surface area contributed by atoms with Gasteiger partial charge in [-0.1, -0.05) is 51.8 Å². The number of aliphatic hydroxyl groups excluding tert-OH is 1. The summed E-state index contributed by atoms with van der Waals surface area (Å²) < 4.78 is 0.843. The van der Waals surface area contributed by atoms with Gasteiger partial charge in [-0.3, -0.25) is 19.5 Å². The number of ketones is 1. The van der Waals surface area contributed by atoms with Gasteiger partial charge >= 0.3 is 0 Å². The number of Topliss-reactive ketones (excluding diaryl/α,β-unsaturated/α-hetero) is 1. The first-order chi connectivity index (χ1) is 14.0. The molecule has 4 rings (SSSR count). The van der Waals surface area contributed by atoms with Crippen molar-refractivity contribution < 1.29 is 14.7 Å². The molecule has 29 heavy (non-hydrogen) atoms. The van der Waals surface area contributed by atoms with Crippen molar-refractivity contribution in [3.63, 3.8) is 0 Å². The van der Waals surface area contributed by atoms with Crippen molar-refractivity contribution in [2.75, 3.05) is 4.90 Å². The van der Waals surface area contributed by atoms with Gasteiger partial charge in [0, 0.05) is 21.9 Å². The van der Waals surface area contributed by atoms with Crippen LogP contribution in [0, 0.1) is 6.92 Å². The third-order valence-electron chi connectivity index (χ3n) is 4.84. The molecule has 0 spiro atoms. The minimum Gasteiger partial charge on any atom is -0.507 e. The highest BCUT2D eigenvalue weighted by molar-refractivity contribution is 9.10. The lowest BCUT2D eigenvalue weighted by molar-refractivity contribution is -0.132. The molecule has 0 radical (unpaired) electrons.